The molecule has 0 saturated heterocycles. The van der Waals surface area contributed by atoms with Crippen LogP contribution in [0.2, 0.25) is 0 Å². The number of likely N-dealkylation sites (N-methyl/N-ethyl adjacent to an activating group) is 1. The molecule has 1 aliphatic heterocycles. The average Bonchev–Trinajstić information content (AvgIpc) is 2.52. The van der Waals surface area contributed by atoms with Crippen molar-refractivity contribution in [2.75, 3.05) is 26.3 Å². The molecule has 0 unspecified atom stereocenters. The zero-order valence-corrected chi connectivity index (χ0v) is 15.1. The summed E-state index contributed by atoms with van der Waals surface area (Å²) in [4.78, 5) is 12.5. The van der Waals surface area contributed by atoms with Crippen molar-refractivity contribution in [2.24, 2.45) is 0 Å². The third-order valence-corrected chi connectivity index (χ3v) is 3.95. The molecule has 0 radical (unpaired) electrons. The summed E-state index contributed by atoms with van der Waals surface area (Å²) in [6, 6.07) is 5.97. The zero-order chi connectivity index (χ0) is 16.2. The van der Waals surface area contributed by atoms with Gasteiger partial charge in [0.05, 0.1) is 5.41 Å². The predicted molar refractivity (Wildman–Crippen MR) is 93.9 cm³/mol. The lowest BCUT2D eigenvalue weighted by Crippen LogP contribution is -2.45. The van der Waals surface area contributed by atoms with Crippen LogP contribution in [-0.2, 0) is 10.2 Å². The molecule has 6 heteroatoms. The van der Waals surface area contributed by atoms with E-state index in [9.17, 15) is 4.79 Å². The largest absolute Gasteiger partial charge is 0.486 e. The summed E-state index contributed by atoms with van der Waals surface area (Å²) < 4.78 is 11.1. The number of amides is 1. The van der Waals surface area contributed by atoms with Gasteiger partial charge in [0.15, 0.2) is 11.5 Å². The minimum absolute atomic E-state index is 0. The van der Waals surface area contributed by atoms with E-state index in [2.05, 4.69) is 24.5 Å². The number of ether oxygens (including phenoxy) is 2. The first-order chi connectivity index (χ1) is 10.4. The smallest absolute Gasteiger partial charge is 0.230 e. The zero-order valence-electron chi connectivity index (χ0n) is 14.3. The van der Waals surface area contributed by atoms with Crippen LogP contribution < -0.4 is 20.1 Å². The molecule has 1 aliphatic rings. The van der Waals surface area contributed by atoms with Gasteiger partial charge in [-0.1, -0.05) is 13.0 Å². The van der Waals surface area contributed by atoms with Crippen molar-refractivity contribution in [3.05, 3.63) is 23.8 Å². The van der Waals surface area contributed by atoms with Gasteiger partial charge in [0, 0.05) is 12.6 Å². The highest BCUT2D eigenvalue weighted by atomic mass is 35.5. The van der Waals surface area contributed by atoms with Crippen LogP contribution in [0.1, 0.15) is 33.3 Å². The summed E-state index contributed by atoms with van der Waals surface area (Å²) in [5, 5.41) is 6.29. The minimum atomic E-state index is -0.623. The number of benzene rings is 1. The van der Waals surface area contributed by atoms with Gasteiger partial charge in [0.1, 0.15) is 13.2 Å². The molecular formula is C17H27ClN2O3. The number of hydrogen-bond donors (Lipinski definition) is 2. The minimum Gasteiger partial charge on any atom is -0.486 e. The number of rotatable bonds is 6. The first-order valence-electron chi connectivity index (χ1n) is 7.87. The molecule has 5 nitrogen and oxygen atoms in total. The van der Waals surface area contributed by atoms with Crippen LogP contribution in [0.15, 0.2) is 18.2 Å². The highest BCUT2D eigenvalue weighted by molar-refractivity contribution is 5.87. The van der Waals surface area contributed by atoms with E-state index >= 15 is 0 Å². The topological polar surface area (TPSA) is 59.6 Å². The number of nitrogens with one attached hydrogen (secondary N) is 2. The van der Waals surface area contributed by atoms with Gasteiger partial charge >= 0.3 is 0 Å². The molecule has 0 saturated carbocycles. The van der Waals surface area contributed by atoms with Gasteiger partial charge in [-0.15, -0.1) is 12.4 Å². The van der Waals surface area contributed by atoms with Crippen molar-refractivity contribution >= 4 is 18.3 Å². The Morgan fingerprint density at radius 1 is 1.26 bits per heavy atom. The fourth-order valence-corrected chi connectivity index (χ4v) is 2.45. The Balaban J connectivity index is 0.00000264. The van der Waals surface area contributed by atoms with Crippen molar-refractivity contribution in [3.63, 3.8) is 0 Å². The molecule has 23 heavy (non-hydrogen) atoms. The van der Waals surface area contributed by atoms with Crippen LogP contribution in [0.25, 0.3) is 0 Å². The summed E-state index contributed by atoms with van der Waals surface area (Å²) >= 11 is 0. The van der Waals surface area contributed by atoms with Crippen LogP contribution in [-0.4, -0.2) is 38.3 Å². The fraction of sp³-hybridized carbons (Fsp3) is 0.588. The van der Waals surface area contributed by atoms with Gasteiger partial charge in [0.25, 0.3) is 0 Å². The van der Waals surface area contributed by atoms with Gasteiger partial charge in [-0.05, 0) is 45.0 Å². The molecule has 0 spiro atoms. The number of carbonyl (C=O) groups excluding carboxylic acids is 1. The molecule has 130 valence electrons. The maximum absolute atomic E-state index is 12.5. The molecule has 0 fully saturated rings. The molecule has 1 amide bonds. The standard InChI is InChI=1S/C17H26N2O3.ClH/c1-5-18-12(2)11-19-16(20)17(3,4)13-6-7-14-15(10-13)22-9-8-21-14;/h6-7,10,12,18H,5,8-9,11H2,1-4H3,(H,19,20);1H/t12-;/m1./s1. The van der Waals surface area contributed by atoms with E-state index < -0.39 is 5.41 Å². The number of fused-ring (bicyclic) bond motifs is 1. The molecule has 1 aromatic rings. The van der Waals surface area contributed by atoms with Gasteiger partial charge in [-0.2, -0.15) is 0 Å². The summed E-state index contributed by atoms with van der Waals surface area (Å²) in [5.41, 5.74) is 0.298. The van der Waals surface area contributed by atoms with E-state index in [-0.39, 0.29) is 24.4 Å². The third-order valence-electron chi connectivity index (χ3n) is 3.95. The molecule has 2 rings (SSSR count). The Labute approximate surface area is 144 Å². The Kier molecular flexibility index (Phi) is 7.16. The normalized spacial score (nSPS) is 14.6. The van der Waals surface area contributed by atoms with Crippen LogP contribution in [0.3, 0.4) is 0 Å². The van der Waals surface area contributed by atoms with E-state index in [0.717, 1.165) is 17.9 Å². The quantitative estimate of drug-likeness (QED) is 0.832. The lowest BCUT2D eigenvalue weighted by Gasteiger charge is -2.27. The molecule has 1 atom stereocenters. The van der Waals surface area contributed by atoms with E-state index in [4.69, 9.17) is 9.47 Å². The Hall–Kier alpha value is -1.46. The molecule has 0 aliphatic carbocycles. The monoisotopic (exact) mass is 342 g/mol. The lowest BCUT2D eigenvalue weighted by atomic mass is 9.83. The van der Waals surface area contributed by atoms with Gasteiger partial charge < -0.3 is 20.1 Å². The van der Waals surface area contributed by atoms with Gasteiger partial charge in [-0.25, -0.2) is 0 Å². The second-order valence-corrected chi connectivity index (χ2v) is 6.15. The third kappa shape index (κ3) is 4.75. The van der Waals surface area contributed by atoms with Gasteiger partial charge in [-0.3, -0.25) is 4.79 Å². The van der Waals surface area contributed by atoms with Crippen LogP contribution in [0, 0.1) is 0 Å². The van der Waals surface area contributed by atoms with Crippen molar-refractivity contribution < 1.29 is 14.3 Å². The highest BCUT2D eigenvalue weighted by Crippen LogP contribution is 2.35. The number of hydrogen-bond acceptors (Lipinski definition) is 4. The SMILES string of the molecule is CCN[C@H](C)CNC(=O)C(C)(C)c1ccc2c(c1)OCCO2.Cl. The van der Waals surface area contributed by atoms with E-state index in [1.54, 1.807) is 0 Å². The van der Waals surface area contributed by atoms with Crippen molar-refractivity contribution in [1.29, 1.82) is 0 Å². The maximum Gasteiger partial charge on any atom is 0.230 e. The Bertz CT molecular complexity index is 535. The Morgan fingerprint density at radius 3 is 2.57 bits per heavy atom. The summed E-state index contributed by atoms with van der Waals surface area (Å²) in [6.07, 6.45) is 0. The fourth-order valence-electron chi connectivity index (χ4n) is 2.45. The van der Waals surface area contributed by atoms with Crippen LogP contribution in [0.5, 0.6) is 11.5 Å². The first kappa shape index (κ1) is 19.6. The van der Waals surface area contributed by atoms with E-state index in [0.29, 0.717) is 25.5 Å². The number of carbonyl (C=O) groups is 1. The van der Waals surface area contributed by atoms with Crippen molar-refractivity contribution in [3.8, 4) is 11.5 Å². The molecule has 2 N–H and O–H groups in total. The lowest BCUT2D eigenvalue weighted by molar-refractivity contribution is -0.125. The van der Waals surface area contributed by atoms with Crippen molar-refractivity contribution in [1.82, 2.24) is 10.6 Å². The molecule has 0 bridgehead atoms. The van der Waals surface area contributed by atoms with E-state index in [1.807, 2.05) is 32.0 Å². The number of halogens is 1. The predicted octanol–water partition coefficient (Wildman–Crippen LogP) is 2.27. The average molecular weight is 343 g/mol. The van der Waals surface area contributed by atoms with E-state index in [1.165, 1.54) is 0 Å². The first-order valence-corrected chi connectivity index (χ1v) is 7.87. The van der Waals surface area contributed by atoms with Crippen molar-refractivity contribution in [2.45, 2.75) is 39.2 Å². The Morgan fingerprint density at radius 2 is 1.91 bits per heavy atom. The molecule has 1 heterocycles. The molecule has 1 aromatic carbocycles. The summed E-state index contributed by atoms with van der Waals surface area (Å²) in [7, 11) is 0. The second kappa shape index (κ2) is 8.41. The van der Waals surface area contributed by atoms with Crippen LogP contribution >= 0.6 is 12.4 Å². The summed E-state index contributed by atoms with van der Waals surface area (Å²) in [5.74, 6) is 1.46. The second-order valence-electron chi connectivity index (χ2n) is 6.15. The highest BCUT2D eigenvalue weighted by Gasteiger charge is 2.31. The van der Waals surface area contributed by atoms with Gasteiger partial charge in [0.2, 0.25) is 5.91 Å². The van der Waals surface area contributed by atoms with Crippen LogP contribution in [0.4, 0.5) is 0 Å². The molecule has 0 aromatic heterocycles. The maximum atomic E-state index is 12.5. The summed E-state index contributed by atoms with van der Waals surface area (Å²) in [6.45, 7) is 10.6. The molecular weight excluding hydrogens is 316 g/mol.